The highest BCUT2D eigenvalue weighted by atomic mass is 16.3. The van der Waals surface area contributed by atoms with Gasteiger partial charge in [-0.25, -0.2) is 0 Å². The summed E-state index contributed by atoms with van der Waals surface area (Å²) in [6, 6.07) is -0.742. The summed E-state index contributed by atoms with van der Waals surface area (Å²) in [5, 5.41) is 33.2. The molecule has 0 aliphatic rings. The zero-order valence-corrected chi connectivity index (χ0v) is 35.7. The summed E-state index contributed by atoms with van der Waals surface area (Å²) in [6.07, 6.45) is 53.3. The predicted octanol–water partition coefficient (Wildman–Crippen LogP) is 13.8. The second kappa shape index (κ2) is 43.6. The molecule has 0 aromatic carbocycles. The zero-order valence-electron chi connectivity index (χ0n) is 35.7. The molecule has 314 valence electrons. The van der Waals surface area contributed by atoms with Crippen molar-refractivity contribution in [2.75, 3.05) is 6.61 Å². The molecule has 0 saturated carbocycles. The van der Waals surface area contributed by atoms with Crippen LogP contribution in [-0.4, -0.2) is 46.1 Å². The first kappa shape index (κ1) is 51.8. The van der Waals surface area contributed by atoms with Crippen molar-refractivity contribution in [3.63, 3.8) is 0 Å². The van der Waals surface area contributed by atoms with Gasteiger partial charge in [0.2, 0.25) is 5.91 Å². The maximum absolute atomic E-state index is 12.4. The summed E-state index contributed by atoms with van der Waals surface area (Å²) in [5.41, 5.74) is 0. The van der Waals surface area contributed by atoms with E-state index in [0.717, 1.165) is 25.7 Å². The van der Waals surface area contributed by atoms with Crippen LogP contribution in [0.15, 0.2) is 24.3 Å². The standard InChI is InChI=1S/C48H93NO4/c1-3-5-7-9-11-13-15-17-18-19-20-21-22-23-24-25-26-27-28-30-31-33-35-37-39-41-45(51)43-48(53)49-46(44-50)47(52)42-40-38-36-34-32-29-16-14-12-10-8-6-4-2/h23-24,40,42,45-47,50-52H,3-22,25-39,41,43-44H2,1-2H3,(H,49,53)/b24-23-,42-40+. The first-order valence-electron chi connectivity index (χ1n) is 23.6. The highest BCUT2D eigenvalue weighted by Gasteiger charge is 2.20. The smallest absolute Gasteiger partial charge is 0.222 e. The van der Waals surface area contributed by atoms with E-state index in [1.165, 1.54) is 199 Å². The molecule has 0 heterocycles. The molecule has 0 rings (SSSR count). The van der Waals surface area contributed by atoms with E-state index in [4.69, 9.17) is 0 Å². The summed E-state index contributed by atoms with van der Waals surface area (Å²) in [4.78, 5) is 12.4. The van der Waals surface area contributed by atoms with Gasteiger partial charge in [0.1, 0.15) is 0 Å². The fourth-order valence-corrected chi connectivity index (χ4v) is 7.34. The van der Waals surface area contributed by atoms with Crippen LogP contribution in [0.1, 0.15) is 251 Å². The van der Waals surface area contributed by atoms with E-state index in [1.807, 2.05) is 6.08 Å². The Labute approximate surface area is 331 Å². The molecule has 0 aliphatic heterocycles. The molecule has 5 nitrogen and oxygen atoms in total. The molecule has 5 heteroatoms. The van der Waals surface area contributed by atoms with Crippen LogP contribution in [0.25, 0.3) is 0 Å². The van der Waals surface area contributed by atoms with Gasteiger partial charge in [0.15, 0.2) is 0 Å². The van der Waals surface area contributed by atoms with Crippen LogP contribution in [-0.2, 0) is 4.79 Å². The Morgan fingerprint density at radius 1 is 0.472 bits per heavy atom. The molecule has 0 saturated heterocycles. The summed E-state index contributed by atoms with van der Waals surface area (Å²) < 4.78 is 0. The Hall–Kier alpha value is -1.17. The summed E-state index contributed by atoms with van der Waals surface area (Å²) >= 11 is 0. The Balaban J connectivity index is 3.58. The van der Waals surface area contributed by atoms with E-state index in [0.29, 0.717) is 6.42 Å². The van der Waals surface area contributed by atoms with Gasteiger partial charge in [-0.05, 0) is 44.9 Å². The van der Waals surface area contributed by atoms with Crippen molar-refractivity contribution < 1.29 is 20.1 Å². The zero-order chi connectivity index (χ0) is 38.7. The normalized spacial score (nSPS) is 13.7. The van der Waals surface area contributed by atoms with Gasteiger partial charge >= 0.3 is 0 Å². The molecule has 0 aliphatic carbocycles. The molecule has 3 atom stereocenters. The Morgan fingerprint density at radius 2 is 0.792 bits per heavy atom. The van der Waals surface area contributed by atoms with Gasteiger partial charge in [0.25, 0.3) is 0 Å². The first-order valence-corrected chi connectivity index (χ1v) is 23.6. The fraction of sp³-hybridized carbons (Fsp3) is 0.896. The monoisotopic (exact) mass is 748 g/mol. The average Bonchev–Trinajstić information content (AvgIpc) is 3.15. The lowest BCUT2D eigenvalue weighted by Crippen LogP contribution is -2.45. The second-order valence-corrected chi connectivity index (χ2v) is 16.4. The molecule has 0 bridgehead atoms. The molecule has 0 fully saturated rings. The van der Waals surface area contributed by atoms with Gasteiger partial charge in [-0.1, -0.05) is 224 Å². The minimum atomic E-state index is -0.926. The van der Waals surface area contributed by atoms with E-state index in [9.17, 15) is 20.1 Å². The second-order valence-electron chi connectivity index (χ2n) is 16.4. The van der Waals surface area contributed by atoms with E-state index in [2.05, 4.69) is 31.3 Å². The van der Waals surface area contributed by atoms with Crippen LogP contribution in [0, 0.1) is 0 Å². The molecule has 53 heavy (non-hydrogen) atoms. The van der Waals surface area contributed by atoms with Crippen molar-refractivity contribution in [2.45, 2.75) is 270 Å². The first-order chi connectivity index (χ1) is 26.0. The molecule has 0 spiro atoms. The topological polar surface area (TPSA) is 89.8 Å². The average molecular weight is 748 g/mol. The fourth-order valence-electron chi connectivity index (χ4n) is 7.34. The highest BCUT2D eigenvalue weighted by Crippen LogP contribution is 2.16. The van der Waals surface area contributed by atoms with Crippen LogP contribution in [0.4, 0.5) is 0 Å². The number of aliphatic hydroxyl groups excluding tert-OH is 3. The maximum Gasteiger partial charge on any atom is 0.222 e. The summed E-state index contributed by atoms with van der Waals surface area (Å²) in [7, 11) is 0. The Kier molecular flexibility index (Phi) is 42.6. The van der Waals surface area contributed by atoms with E-state index in [-0.39, 0.29) is 18.9 Å². The third-order valence-electron chi connectivity index (χ3n) is 11.0. The molecular weight excluding hydrogens is 655 g/mol. The van der Waals surface area contributed by atoms with Crippen LogP contribution in [0.5, 0.6) is 0 Å². The largest absolute Gasteiger partial charge is 0.394 e. The van der Waals surface area contributed by atoms with Crippen molar-refractivity contribution in [1.82, 2.24) is 5.32 Å². The van der Waals surface area contributed by atoms with Crippen LogP contribution in [0.3, 0.4) is 0 Å². The third kappa shape index (κ3) is 40.3. The number of hydrogen-bond acceptors (Lipinski definition) is 4. The lowest BCUT2D eigenvalue weighted by molar-refractivity contribution is -0.124. The van der Waals surface area contributed by atoms with E-state index in [1.54, 1.807) is 6.08 Å². The van der Waals surface area contributed by atoms with Gasteiger partial charge in [-0.2, -0.15) is 0 Å². The SMILES string of the molecule is CCCCCCCCCCCCC/C=C/C(O)C(CO)NC(=O)CC(O)CCCCCCCCCCC/C=C\CCCCCCCCCCCCCC. The number of aliphatic hydroxyl groups is 3. The van der Waals surface area contributed by atoms with Gasteiger partial charge in [0.05, 0.1) is 31.3 Å². The summed E-state index contributed by atoms with van der Waals surface area (Å²) in [6.45, 7) is 4.22. The quantitative estimate of drug-likeness (QED) is 0.0369. The molecule has 0 aromatic heterocycles. The van der Waals surface area contributed by atoms with Gasteiger partial charge in [0, 0.05) is 0 Å². The van der Waals surface area contributed by atoms with Crippen molar-refractivity contribution in [3.8, 4) is 0 Å². The van der Waals surface area contributed by atoms with Gasteiger partial charge in [-0.15, -0.1) is 0 Å². The number of unbranched alkanes of at least 4 members (excludes halogenated alkanes) is 32. The molecule has 0 radical (unpaired) electrons. The predicted molar refractivity (Wildman–Crippen MR) is 231 cm³/mol. The van der Waals surface area contributed by atoms with Crippen molar-refractivity contribution in [1.29, 1.82) is 0 Å². The molecule has 4 N–H and O–H groups in total. The number of allylic oxidation sites excluding steroid dienone is 3. The van der Waals surface area contributed by atoms with Gasteiger partial charge in [-0.3, -0.25) is 4.79 Å². The Morgan fingerprint density at radius 3 is 1.15 bits per heavy atom. The number of carbonyl (C=O) groups is 1. The minimum Gasteiger partial charge on any atom is -0.394 e. The minimum absolute atomic E-state index is 0.0142. The molecule has 3 unspecified atom stereocenters. The van der Waals surface area contributed by atoms with Crippen LogP contribution in [0.2, 0.25) is 0 Å². The van der Waals surface area contributed by atoms with E-state index < -0.39 is 18.2 Å². The van der Waals surface area contributed by atoms with Crippen molar-refractivity contribution in [3.05, 3.63) is 24.3 Å². The Bertz CT molecular complexity index is 784. The number of hydrogen-bond donors (Lipinski definition) is 4. The lowest BCUT2D eigenvalue weighted by atomic mass is 10.0. The van der Waals surface area contributed by atoms with Crippen molar-refractivity contribution in [2.24, 2.45) is 0 Å². The maximum atomic E-state index is 12.4. The van der Waals surface area contributed by atoms with Gasteiger partial charge < -0.3 is 20.6 Å². The lowest BCUT2D eigenvalue weighted by Gasteiger charge is -2.21. The molecule has 1 amide bonds. The van der Waals surface area contributed by atoms with Crippen molar-refractivity contribution >= 4 is 5.91 Å². The highest BCUT2D eigenvalue weighted by molar-refractivity contribution is 5.76. The number of nitrogens with one attached hydrogen (secondary N) is 1. The van der Waals surface area contributed by atoms with Crippen LogP contribution < -0.4 is 5.32 Å². The van der Waals surface area contributed by atoms with Crippen LogP contribution >= 0.6 is 0 Å². The third-order valence-corrected chi connectivity index (χ3v) is 11.0. The number of rotatable bonds is 43. The summed E-state index contributed by atoms with van der Waals surface area (Å²) in [5.74, 6) is -0.315. The van der Waals surface area contributed by atoms with E-state index >= 15 is 0 Å². The molecule has 0 aromatic rings. The number of carbonyl (C=O) groups excluding carboxylic acids is 1. The molecular formula is C48H93NO4. The number of amides is 1.